The highest BCUT2D eigenvalue weighted by molar-refractivity contribution is 6.31. The van der Waals surface area contributed by atoms with E-state index >= 15 is 0 Å². The van der Waals surface area contributed by atoms with E-state index in [4.69, 9.17) is 17.4 Å². The van der Waals surface area contributed by atoms with Crippen LogP contribution in [-0.2, 0) is 0 Å². The molecule has 0 saturated heterocycles. The third-order valence-electron chi connectivity index (χ3n) is 2.89. The number of hydrogen-bond donors (Lipinski definition) is 2. The molecule has 0 amide bonds. The molecule has 0 radical (unpaired) electrons. The van der Waals surface area contributed by atoms with Crippen molar-refractivity contribution in [2.45, 2.75) is 32.7 Å². The van der Waals surface area contributed by atoms with E-state index in [9.17, 15) is 4.39 Å². The second-order valence-corrected chi connectivity index (χ2v) is 4.49. The lowest BCUT2D eigenvalue weighted by atomic mass is 9.94. The largest absolute Gasteiger partial charge is 0.271 e. The molecule has 0 bridgehead atoms. The Kier molecular flexibility index (Phi) is 5.19. The third kappa shape index (κ3) is 3.17. The van der Waals surface area contributed by atoms with E-state index in [0.717, 1.165) is 18.4 Å². The molecule has 0 saturated carbocycles. The highest BCUT2D eigenvalue weighted by Gasteiger charge is 2.17. The van der Waals surface area contributed by atoms with Crippen LogP contribution in [0, 0.1) is 11.7 Å². The van der Waals surface area contributed by atoms with Crippen LogP contribution in [0.1, 0.15) is 38.3 Å². The van der Waals surface area contributed by atoms with E-state index in [1.165, 1.54) is 6.07 Å². The van der Waals surface area contributed by atoms with Gasteiger partial charge in [-0.25, -0.2) is 4.39 Å². The summed E-state index contributed by atoms with van der Waals surface area (Å²) in [5.74, 6) is 5.61. The molecule has 3 N–H and O–H groups in total. The average Bonchev–Trinajstić information content (AvgIpc) is 2.29. The van der Waals surface area contributed by atoms with Crippen molar-refractivity contribution < 1.29 is 4.39 Å². The number of nitrogens with one attached hydrogen (secondary N) is 1. The quantitative estimate of drug-likeness (QED) is 0.615. The lowest BCUT2D eigenvalue weighted by Crippen LogP contribution is -2.29. The van der Waals surface area contributed by atoms with Gasteiger partial charge in [0.15, 0.2) is 0 Å². The summed E-state index contributed by atoms with van der Waals surface area (Å²) < 4.78 is 13.3. The van der Waals surface area contributed by atoms with Crippen molar-refractivity contribution in [1.82, 2.24) is 5.43 Å². The zero-order valence-corrected chi connectivity index (χ0v) is 10.4. The second-order valence-electron chi connectivity index (χ2n) is 4.11. The molecule has 1 aromatic carbocycles. The molecular formula is C12H18ClFN2. The van der Waals surface area contributed by atoms with Crippen molar-refractivity contribution in [2.24, 2.45) is 11.8 Å². The van der Waals surface area contributed by atoms with Crippen LogP contribution >= 0.6 is 11.6 Å². The van der Waals surface area contributed by atoms with Crippen molar-refractivity contribution in [1.29, 1.82) is 0 Å². The molecule has 16 heavy (non-hydrogen) atoms. The van der Waals surface area contributed by atoms with Gasteiger partial charge in [0.2, 0.25) is 0 Å². The van der Waals surface area contributed by atoms with E-state index in [-0.39, 0.29) is 11.1 Å². The lowest BCUT2D eigenvalue weighted by molar-refractivity contribution is 0.406. The van der Waals surface area contributed by atoms with Crippen molar-refractivity contribution in [3.05, 3.63) is 34.6 Å². The zero-order chi connectivity index (χ0) is 12.1. The number of halogens is 2. The Hall–Kier alpha value is -0.640. The maximum atomic E-state index is 13.3. The van der Waals surface area contributed by atoms with Gasteiger partial charge in [-0.2, -0.15) is 0 Å². The van der Waals surface area contributed by atoms with Gasteiger partial charge in [0.1, 0.15) is 5.82 Å². The minimum Gasteiger partial charge on any atom is -0.271 e. The van der Waals surface area contributed by atoms with Gasteiger partial charge < -0.3 is 0 Å². The molecule has 90 valence electrons. The lowest BCUT2D eigenvalue weighted by Gasteiger charge is -2.21. The van der Waals surface area contributed by atoms with E-state index in [1.54, 1.807) is 12.1 Å². The summed E-state index contributed by atoms with van der Waals surface area (Å²) >= 11 is 5.92. The predicted molar refractivity (Wildman–Crippen MR) is 65.5 cm³/mol. The maximum absolute atomic E-state index is 13.3. The van der Waals surface area contributed by atoms with Gasteiger partial charge in [-0.15, -0.1) is 0 Å². The summed E-state index contributed by atoms with van der Waals surface area (Å²) in [6, 6.07) is 4.71. The molecule has 0 fully saturated rings. The molecule has 0 aromatic heterocycles. The Balaban J connectivity index is 2.90. The van der Waals surface area contributed by atoms with Crippen LogP contribution in [0.4, 0.5) is 4.39 Å². The van der Waals surface area contributed by atoms with E-state index in [1.807, 2.05) is 0 Å². The van der Waals surface area contributed by atoms with Crippen LogP contribution in [0.25, 0.3) is 0 Å². The molecule has 0 spiro atoms. The van der Waals surface area contributed by atoms with Gasteiger partial charge in [0.05, 0.1) is 5.02 Å². The smallest absolute Gasteiger partial charge is 0.142 e. The van der Waals surface area contributed by atoms with Gasteiger partial charge in [-0.3, -0.25) is 11.3 Å². The van der Waals surface area contributed by atoms with E-state index < -0.39 is 5.82 Å². The van der Waals surface area contributed by atoms with E-state index in [0.29, 0.717) is 5.92 Å². The summed E-state index contributed by atoms with van der Waals surface area (Å²) in [7, 11) is 0. The first-order valence-electron chi connectivity index (χ1n) is 5.50. The molecule has 0 aliphatic carbocycles. The number of hydrazine groups is 1. The topological polar surface area (TPSA) is 38.0 Å². The molecule has 0 aliphatic heterocycles. The van der Waals surface area contributed by atoms with Gasteiger partial charge in [0, 0.05) is 6.04 Å². The first-order valence-corrected chi connectivity index (χ1v) is 5.88. The number of benzene rings is 1. The minimum absolute atomic E-state index is 0.0989. The third-order valence-corrected chi connectivity index (χ3v) is 3.29. The fourth-order valence-corrected chi connectivity index (χ4v) is 1.90. The number of nitrogens with two attached hydrogens (primary N) is 1. The Morgan fingerprint density at radius 2 is 2.19 bits per heavy atom. The Morgan fingerprint density at radius 3 is 2.75 bits per heavy atom. The average molecular weight is 245 g/mol. The highest BCUT2D eigenvalue weighted by Crippen LogP contribution is 2.29. The normalized spacial score (nSPS) is 14.8. The number of hydrogen-bond acceptors (Lipinski definition) is 2. The molecule has 0 aliphatic rings. The minimum atomic E-state index is -0.399. The monoisotopic (exact) mass is 244 g/mol. The second kappa shape index (κ2) is 6.18. The van der Waals surface area contributed by atoms with Crippen LogP contribution in [0.5, 0.6) is 0 Å². The highest BCUT2D eigenvalue weighted by atomic mass is 35.5. The maximum Gasteiger partial charge on any atom is 0.142 e. The van der Waals surface area contributed by atoms with Gasteiger partial charge in [-0.05, 0) is 24.0 Å². The fourth-order valence-electron chi connectivity index (χ4n) is 1.64. The molecule has 1 aromatic rings. The molecule has 1 rings (SSSR count). The first kappa shape index (κ1) is 13.4. The SMILES string of the molecule is CCC(C)CC(NN)c1cccc(F)c1Cl. The molecule has 2 nitrogen and oxygen atoms in total. The van der Waals surface area contributed by atoms with Gasteiger partial charge in [0.25, 0.3) is 0 Å². The Bertz CT molecular complexity index is 344. The van der Waals surface area contributed by atoms with Crippen molar-refractivity contribution in [3.8, 4) is 0 Å². The summed E-state index contributed by atoms with van der Waals surface area (Å²) in [5.41, 5.74) is 3.43. The molecule has 2 unspecified atom stereocenters. The van der Waals surface area contributed by atoms with Crippen molar-refractivity contribution in [2.75, 3.05) is 0 Å². The van der Waals surface area contributed by atoms with Crippen molar-refractivity contribution in [3.63, 3.8) is 0 Å². The fraction of sp³-hybridized carbons (Fsp3) is 0.500. The van der Waals surface area contributed by atoms with Crippen LogP contribution in [0.15, 0.2) is 18.2 Å². The summed E-state index contributed by atoms with van der Waals surface area (Å²) in [5, 5.41) is 0.161. The Labute approximate surface area is 101 Å². The molecule has 0 heterocycles. The molecule has 4 heteroatoms. The molecule has 2 atom stereocenters. The van der Waals surface area contributed by atoms with E-state index in [2.05, 4.69) is 19.3 Å². The molecular weight excluding hydrogens is 227 g/mol. The Morgan fingerprint density at radius 1 is 1.50 bits per heavy atom. The van der Waals surface area contributed by atoms with Crippen LogP contribution in [-0.4, -0.2) is 0 Å². The standard InChI is InChI=1S/C12H18ClFN2/c1-3-8(2)7-11(16-15)9-5-4-6-10(14)12(9)13/h4-6,8,11,16H,3,7,15H2,1-2H3. The first-order chi connectivity index (χ1) is 7.60. The predicted octanol–water partition coefficient (Wildman–Crippen LogP) is 3.42. The summed E-state index contributed by atoms with van der Waals surface area (Å²) in [4.78, 5) is 0. The van der Waals surface area contributed by atoms with Crippen molar-refractivity contribution >= 4 is 11.6 Å². The summed E-state index contributed by atoms with van der Waals surface area (Å²) in [6.45, 7) is 4.25. The van der Waals surface area contributed by atoms with Gasteiger partial charge >= 0.3 is 0 Å². The van der Waals surface area contributed by atoms with Crippen LogP contribution in [0.3, 0.4) is 0 Å². The summed E-state index contributed by atoms with van der Waals surface area (Å²) in [6.07, 6.45) is 1.90. The number of rotatable bonds is 5. The van der Waals surface area contributed by atoms with Gasteiger partial charge in [-0.1, -0.05) is 44.0 Å². The van der Waals surface area contributed by atoms with Crippen LogP contribution < -0.4 is 11.3 Å². The zero-order valence-electron chi connectivity index (χ0n) is 9.63. The van der Waals surface area contributed by atoms with Crippen LogP contribution in [0.2, 0.25) is 5.02 Å².